The maximum atomic E-state index is 14.4. The van der Waals surface area contributed by atoms with Crippen LogP contribution in [0, 0.1) is 0 Å². The maximum absolute atomic E-state index is 14.4. The number of nitrogens with one attached hydrogen (secondary N) is 2. The van der Waals surface area contributed by atoms with Crippen LogP contribution in [0.5, 0.6) is 0 Å². The van der Waals surface area contributed by atoms with Crippen molar-refractivity contribution in [3.05, 3.63) is 177 Å². The van der Waals surface area contributed by atoms with Crippen LogP contribution in [0.15, 0.2) is 131 Å². The molecule has 0 saturated carbocycles. The number of sulfonamides is 2. The number of hydrogen-bond acceptors (Lipinski definition) is 8. The molecule has 0 atom stereocenters. The van der Waals surface area contributed by atoms with Gasteiger partial charge in [-0.2, -0.15) is 26.3 Å². The van der Waals surface area contributed by atoms with E-state index in [2.05, 4.69) is 9.44 Å². The van der Waals surface area contributed by atoms with E-state index in [1.165, 1.54) is 60.7 Å². The molecule has 2 aliphatic carbocycles. The summed E-state index contributed by atoms with van der Waals surface area (Å²) in [6.07, 6.45) is -9.54. The Kier molecular flexibility index (Phi) is 9.20. The Morgan fingerprint density at radius 3 is 0.917 bits per heavy atom. The fourth-order valence-electron chi connectivity index (χ4n) is 7.12. The number of rotatable bonds is 7. The van der Waals surface area contributed by atoms with E-state index in [-0.39, 0.29) is 33.4 Å². The third-order valence-corrected chi connectivity index (χ3v) is 12.7. The first-order valence-corrected chi connectivity index (χ1v) is 20.3. The number of ketones is 4. The molecular weight excluding hydrogens is 839 g/mol. The van der Waals surface area contributed by atoms with E-state index in [1.54, 1.807) is 0 Å². The minimum atomic E-state index is -4.77. The molecule has 18 heteroatoms. The summed E-state index contributed by atoms with van der Waals surface area (Å²) in [4.78, 5) is 56.1. The molecule has 0 spiro atoms. The zero-order chi connectivity index (χ0) is 43.1. The van der Waals surface area contributed by atoms with Crippen LogP contribution in [0.3, 0.4) is 0 Å². The normalized spacial score (nSPS) is 13.9. The van der Waals surface area contributed by atoms with Gasteiger partial charge in [-0.15, -0.1) is 0 Å². The molecule has 0 aliphatic heterocycles. The van der Waals surface area contributed by atoms with E-state index in [0.29, 0.717) is 48.5 Å². The molecule has 6 aromatic carbocycles. The highest BCUT2D eigenvalue weighted by atomic mass is 32.2. The molecule has 0 bridgehead atoms. The van der Waals surface area contributed by atoms with Crippen molar-refractivity contribution in [1.82, 2.24) is 0 Å². The second kappa shape index (κ2) is 13.8. The first kappa shape index (κ1) is 39.9. The zero-order valence-corrected chi connectivity index (χ0v) is 31.5. The quantitative estimate of drug-likeness (QED) is 0.151. The van der Waals surface area contributed by atoms with Gasteiger partial charge in [0.1, 0.15) is 0 Å². The summed E-state index contributed by atoms with van der Waals surface area (Å²) in [6.45, 7) is 0. The van der Waals surface area contributed by atoms with Gasteiger partial charge in [0.15, 0.2) is 23.1 Å². The zero-order valence-electron chi connectivity index (χ0n) is 29.9. The lowest BCUT2D eigenvalue weighted by molar-refractivity contribution is -0.138. The number of benzene rings is 6. The number of hydrogen-bond donors (Lipinski definition) is 2. The van der Waals surface area contributed by atoms with E-state index >= 15 is 0 Å². The summed E-state index contributed by atoms with van der Waals surface area (Å²) in [7, 11) is -9.45. The number of carbonyl (C=O) groups excluding carboxylic acids is 4. The van der Waals surface area contributed by atoms with Gasteiger partial charge in [0.05, 0.1) is 43.4 Å². The molecule has 0 heterocycles. The minimum absolute atomic E-state index is 0.110. The lowest BCUT2D eigenvalue weighted by atomic mass is 9.76. The highest BCUT2D eigenvalue weighted by Gasteiger charge is 2.40. The van der Waals surface area contributed by atoms with Crippen LogP contribution in [0.4, 0.5) is 37.7 Å². The van der Waals surface area contributed by atoms with Crippen molar-refractivity contribution in [3.63, 3.8) is 0 Å². The molecule has 2 N–H and O–H groups in total. The SMILES string of the molecule is O=C1c2ccccc2C(=O)c2c(-c3ccc(NS(=O)(=O)c4ccc(C(F)(F)F)cc4)c4c3C(=O)c3ccccc3C4=O)ccc(NS(=O)(=O)c3ccc(C(F)(F)F)cc3)c21. The Hall–Kier alpha value is -6.92. The maximum Gasteiger partial charge on any atom is 0.416 e. The Morgan fingerprint density at radius 2 is 0.633 bits per heavy atom. The fraction of sp³-hybridized carbons (Fsp3) is 0.0476. The minimum Gasteiger partial charge on any atom is -0.289 e. The van der Waals surface area contributed by atoms with Crippen LogP contribution in [0.25, 0.3) is 11.1 Å². The highest BCUT2D eigenvalue weighted by molar-refractivity contribution is 7.93. The monoisotopic (exact) mass is 860 g/mol. The second-order valence-electron chi connectivity index (χ2n) is 13.5. The van der Waals surface area contributed by atoms with Crippen LogP contribution < -0.4 is 9.44 Å². The molecule has 2 aliphatic rings. The molecule has 8 rings (SSSR count). The fourth-order valence-corrected chi connectivity index (χ4v) is 9.26. The summed E-state index contributed by atoms with van der Waals surface area (Å²) in [6, 6.07) is 20.7. The van der Waals surface area contributed by atoms with Crippen molar-refractivity contribution in [2.75, 3.05) is 9.44 Å². The predicted molar refractivity (Wildman–Crippen MR) is 203 cm³/mol. The van der Waals surface area contributed by atoms with E-state index in [0.717, 1.165) is 12.1 Å². The van der Waals surface area contributed by atoms with E-state index in [1.807, 2.05) is 0 Å². The molecule has 60 heavy (non-hydrogen) atoms. The van der Waals surface area contributed by atoms with Crippen molar-refractivity contribution in [3.8, 4) is 11.1 Å². The molecule has 6 aromatic rings. The number of anilines is 2. The van der Waals surface area contributed by atoms with Crippen molar-refractivity contribution >= 4 is 54.6 Å². The smallest absolute Gasteiger partial charge is 0.289 e. The summed E-state index contributed by atoms with van der Waals surface area (Å²) < 4.78 is 138. The van der Waals surface area contributed by atoms with Crippen LogP contribution in [0.2, 0.25) is 0 Å². The molecule has 0 radical (unpaired) electrons. The molecule has 0 amide bonds. The second-order valence-corrected chi connectivity index (χ2v) is 16.8. The molecule has 0 saturated heterocycles. The van der Waals surface area contributed by atoms with E-state index < -0.39 is 110 Å². The van der Waals surface area contributed by atoms with E-state index in [9.17, 15) is 62.4 Å². The third-order valence-electron chi connectivity index (χ3n) is 9.91. The van der Waals surface area contributed by atoms with Crippen LogP contribution in [0.1, 0.15) is 74.8 Å². The number of fused-ring (bicyclic) bond motifs is 4. The first-order chi connectivity index (χ1) is 28.2. The van der Waals surface area contributed by atoms with Gasteiger partial charge in [0.25, 0.3) is 20.0 Å². The van der Waals surface area contributed by atoms with Gasteiger partial charge in [-0.25, -0.2) is 16.8 Å². The lowest BCUT2D eigenvalue weighted by Crippen LogP contribution is -2.27. The molecule has 0 fully saturated rings. The number of halogens is 6. The third kappa shape index (κ3) is 6.62. The van der Waals surface area contributed by atoms with Crippen molar-refractivity contribution < 1.29 is 62.4 Å². The number of carbonyl (C=O) groups is 4. The van der Waals surface area contributed by atoms with Gasteiger partial charge in [-0.3, -0.25) is 28.6 Å². The van der Waals surface area contributed by atoms with Gasteiger partial charge < -0.3 is 0 Å². The van der Waals surface area contributed by atoms with Gasteiger partial charge in [0, 0.05) is 33.4 Å². The summed E-state index contributed by atoms with van der Waals surface area (Å²) in [5.41, 5.74) is -5.81. The largest absolute Gasteiger partial charge is 0.416 e. The Morgan fingerprint density at radius 1 is 0.350 bits per heavy atom. The molecule has 302 valence electrons. The van der Waals surface area contributed by atoms with E-state index in [4.69, 9.17) is 0 Å². The molecule has 0 unspecified atom stereocenters. The summed E-state index contributed by atoms with van der Waals surface area (Å²) in [5, 5.41) is 0. The van der Waals surface area contributed by atoms with Crippen molar-refractivity contribution in [1.29, 1.82) is 0 Å². The Labute approximate surface area is 335 Å². The first-order valence-electron chi connectivity index (χ1n) is 17.3. The van der Waals surface area contributed by atoms with Gasteiger partial charge >= 0.3 is 12.4 Å². The Balaban J connectivity index is 1.32. The predicted octanol–water partition coefficient (Wildman–Crippen LogP) is 8.54. The lowest BCUT2D eigenvalue weighted by Gasteiger charge is -2.27. The Bertz CT molecular complexity index is 2900. The molecular formula is C42H22F6N2O8S2. The standard InChI is InChI=1S/C42H22F6N2O8S2/c43-41(44,45)21-9-13-23(14-10-21)59(55,56)49-31-19-17-25(33-35(31)39(53)29-7-3-1-5-27(29)37(33)51)26-18-20-32(36-34(26)38(52)28-6-2-4-8-30(28)40(36)54)50-60(57,58)24-15-11-22(12-16-24)42(46,47)48/h1-20,49-50H. The number of alkyl halides is 6. The van der Waals surface area contributed by atoms with Gasteiger partial charge in [-0.05, 0) is 71.8 Å². The van der Waals surface area contributed by atoms with Gasteiger partial charge in [-0.1, -0.05) is 60.7 Å². The van der Waals surface area contributed by atoms with Crippen LogP contribution in [-0.2, 0) is 32.4 Å². The van der Waals surface area contributed by atoms with Crippen LogP contribution in [-0.4, -0.2) is 40.0 Å². The van der Waals surface area contributed by atoms with Crippen molar-refractivity contribution in [2.24, 2.45) is 0 Å². The van der Waals surface area contributed by atoms with Gasteiger partial charge in [0.2, 0.25) is 0 Å². The van der Waals surface area contributed by atoms with Crippen molar-refractivity contribution in [2.45, 2.75) is 22.1 Å². The molecule has 10 nitrogen and oxygen atoms in total. The molecule has 0 aromatic heterocycles. The highest BCUT2D eigenvalue weighted by Crippen LogP contribution is 2.44. The average molecular weight is 861 g/mol. The summed E-state index contributed by atoms with van der Waals surface area (Å²) in [5.74, 6) is -3.34. The summed E-state index contributed by atoms with van der Waals surface area (Å²) >= 11 is 0. The topological polar surface area (TPSA) is 161 Å². The average Bonchev–Trinajstić information content (AvgIpc) is 3.21. The van der Waals surface area contributed by atoms with Crippen LogP contribution >= 0.6 is 0 Å².